The molecule has 0 fully saturated rings. The molecule has 2 nitrogen and oxygen atoms in total. The Kier molecular flexibility index (Phi) is 4.37. The molecule has 0 radical (unpaired) electrons. The van der Waals surface area contributed by atoms with Crippen molar-refractivity contribution in [1.29, 1.82) is 0 Å². The van der Waals surface area contributed by atoms with Crippen molar-refractivity contribution in [3.63, 3.8) is 0 Å². The number of hydrogen-bond donors (Lipinski definition) is 0. The van der Waals surface area contributed by atoms with Crippen LogP contribution in [0.3, 0.4) is 0 Å². The molecule has 0 heterocycles. The summed E-state index contributed by atoms with van der Waals surface area (Å²) in [6.07, 6.45) is 0. The molecule has 3 heteroatoms. The summed E-state index contributed by atoms with van der Waals surface area (Å²) in [5, 5.41) is 0. The summed E-state index contributed by atoms with van der Waals surface area (Å²) < 4.78 is 12.1. The van der Waals surface area contributed by atoms with Crippen LogP contribution in [0.25, 0.3) is 0 Å². The molecule has 0 bridgehead atoms. The van der Waals surface area contributed by atoms with Gasteiger partial charge in [-0.1, -0.05) is 6.92 Å². The minimum Gasteiger partial charge on any atom is -0.389 e. The topological polar surface area (TPSA) is 18.5 Å². The van der Waals surface area contributed by atoms with Gasteiger partial charge < -0.3 is 8.85 Å². The van der Waals surface area contributed by atoms with Crippen LogP contribution in [0.4, 0.5) is 0 Å². The molecule has 0 aromatic rings. The summed E-state index contributed by atoms with van der Waals surface area (Å²) in [6, 6.07) is 0.988. The van der Waals surface area contributed by atoms with Gasteiger partial charge in [-0.2, -0.15) is 0 Å². The largest absolute Gasteiger partial charge is 0.389 e. The van der Waals surface area contributed by atoms with Crippen LogP contribution in [-0.2, 0) is 8.85 Å². The van der Waals surface area contributed by atoms with Gasteiger partial charge in [-0.3, -0.25) is 0 Å². The molecule has 0 aromatic carbocycles. The van der Waals surface area contributed by atoms with Gasteiger partial charge in [0.15, 0.2) is 0 Å². The maximum absolute atomic E-state index is 6.07. The Hall–Kier alpha value is 0.137. The van der Waals surface area contributed by atoms with Gasteiger partial charge in [-0.05, 0) is 54.1 Å². The molecule has 0 spiro atoms. The summed E-state index contributed by atoms with van der Waals surface area (Å²) in [5.41, 5.74) is -0.218. The van der Waals surface area contributed by atoms with Crippen LogP contribution in [0, 0.1) is 0 Å². The van der Waals surface area contributed by atoms with Gasteiger partial charge in [0, 0.05) is 0 Å². The lowest BCUT2D eigenvalue weighted by Gasteiger charge is -2.38. The fourth-order valence-electron chi connectivity index (χ4n) is 1.46. The van der Waals surface area contributed by atoms with Crippen LogP contribution in [0.5, 0.6) is 0 Å². The van der Waals surface area contributed by atoms with Gasteiger partial charge in [0.2, 0.25) is 0 Å². The first-order chi connectivity index (χ1) is 5.97. The van der Waals surface area contributed by atoms with Crippen molar-refractivity contribution < 1.29 is 8.85 Å². The molecule has 0 saturated carbocycles. The Balaban J connectivity index is 4.49. The minimum absolute atomic E-state index is 0.109. The molecule has 0 aliphatic carbocycles. The third kappa shape index (κ3) is 6.57. The van der Waals surface area contributed by atoms with Crippen molar-refractivity contribution in [3.05, 3.63) is 0 Å². The zero-order valence-corrected chi connectivity index (χ0v) is 12.0. The average Bonchev–Trinajstić information content (AvgIpc) is 1.78. The van der Waals surface area contributed by atoms with E-state index in [9.17, 15) is 0 Å². The van der Waals surface area contributed by atoms with Crippen LogP contribution in [0.15, 0.2) is 0 Å². The van der Waals surface area contributed by atoms with E-state index >= 15 is 0 Å². The molecule has 0 atom stereocenters. The Labute approximate surface area is 90.2 Å². The highest BCUT2D eigenvalue weighted by Gasteiger charge is 2.37. The van der Waals surface area contributed by atoms with E-state index in [4.69, 9.17) is 8.85 Å². The Morgan fingerprint density at radius 2 is 1.14 bits per heavy atom. The first kappa shape index (κ1) is 14.1. The fraction of sp³-hybridized carbons (Fsp3) is 1.00. The van der Waals surface area contributed by atoms with Crippen molar-refractivity contribution >= 4 is 8.56 Å². The first-order valence-corrected chi connectivity index (χ1v) is 7.90. The minimum atomic E-state index is -1.99. The highest BCUT2D eigenvalue weighted by atomic mass is 28.4. The van der Waals surface area contributed by atoms with Gasteiger partial charge in [0.1, 0.15) is 0 Å². The van der Waals surface area contributed by atoms with E-state index in [2.05, 4.69) is 55.0 Å². The quantitative estimate of drug-likeness (QED) is 0.672. The normalized spacial score (nSPS) is 14.6. The van der Waals surface area contributed by atoms with Crippen LogP contribution in [0.2, 0.25) is 12.6 Å². The van der Waals surface area contributed by atoms with Crippen molar-refractivity contribution in [3.8, 4) is 0 Å². The number of rotatable bonds is 3. The lowest BCUT2D eigenvalue weighted by atomic mass is 10.2. The summed E-state index contributed by atoms with van der Waals surface area (Å²) in [4.78, 5) is 0. The van der Waals surface area contributed by atoms with E-state index < -0.39 is 8.56 Å². The zero-order valence-electron chi connectivity index (χ0n) is 11.0. The molecule has 14 heavy (non-hydrogen) atoms. The molecule has 86 valence electrons. The molecule has 0 aromatic heterocycles. The third-order valence-corrected chi connectivity index (χ3v) is 5.06. The van der Waals surface area contributed by atoms with Gasteiger partial charge in [-0.25, -0.2) is 0 Å². The van der Waals surface area contributed by atoms with Crippen molar-refractivity contribution in [2.75, 3.05) is 0 Å². The van der Waals surface area contributed by atoms with E-state index in [1.807, 2.05) is 0 Å². The van der Waals surface area contributed by atoms with E-state index in [-0.39, 0.29) is 11.2 Å². The van der Waals surface area contributed by atoms with Crippen LogP contribution in [-0.4, -0.2) is 19.8 Å². The predicted octanol–water partition coefficient (Wildman–Crippen LogP) is 3.71. The van der Waals surface area contributed by atoms with Gasteiger partial charge >= 0.3 is 8.56 Å². The second-order valence-electron chi connectivity index (χ2n) is 5.92. The van der Waals surface area contributed by atoms with E-state index in [1.165, 1.54) is 0 Å². The molecular formula is C11H26O2Si. The van der Waals surface area contributed by atoms with Crippen molar-refractivity contribution in [1.82, 2.24) is 0 Å². The lowest BCUT2D eigenvalue weighted by molar-refractivity contribution is 0.0182. The average molecular weight is 218 g/mol. The Morgan fingerprint density at radius 3 is 1.29 bits per heavy atom. The van der Waals surface area contributed by atoms with Crippen LogP contribution in [0.1, 0.15) is 48.5 Å². The summed E-state index contributed by atoms with van der Waals surface area (Å²) in [7, 11) is -1.99. The van der Waals surface area contributed by atoms with Crippen LogP contribution >= 0.6 is 0 Å². The van der Waals surface area contributed by atoms with E-state index in [0.29, 0.717) is 0 Å². The zero-order chi connectivity index (χ0) is 11.6. The fourth-order valence-corrected chi connectivity index (χ4v) is 4.38. The van der Waals surface area contributed by atoms with E-state index in [1.54, 1.807) is 0 Å². The van der Waals surface area contributed by atoms with Gasteiger partial charge in [-0.15, -0.1) is 0 Å². The molecule has 0 amide bonds. The highest BCUT2D eigenvalue weighted by Crippen LogP contribution is 2.26. The lowest BCUT2D eigenvalue weighted by Crippen LogP contribution is -2.48. The van der Waals surface area contributed by atoms with E-state index in [0.717, 1.165) is 6.04 Å². The molecule has 0 aliphatic rings. The maximum Gasteiger partial charge on any atom is 0.335 e. The van der Waals surface area contributed by atoms with Crippen molar-refractivity contribution in [2.45, 2.75) is 72.3 Å². The van der Waals surface area contributed by atoms with Gasteiger partial charge in [0.25, 0.3) is 0 Å². The summed E-state index contributed by atoms with van der Waals surface area (Å²) >= 11 is 0. The van der Waals surface area contributed by atoms with Gasteiger partial charge in [0.05, 0.1) is 11.2 Å². The van der Waals surface area contributed by atoms with Crippen LogP contribution < -0.4 is 0 Å². The molecule has 0 aliphatic heterocycles. The van der Waals surface area contributed by atoms with Crippen molar-refractivity contribution in [2.24, 2.45) is 0 Å². The second-order valence-corrected chi connectivity index (χ2v) is 9.30. The third-order valence-electron chi connectivity index (χ3n) is 1.69. The summed E-state index contributed by atoms with van der Waals surface area (Å²) in [6.45, 7) is 16.8. The maximum atomic E-state index is 6.07. The first-order valence-electron chi connectivity index (χ1n) is 5.38. The Bertz CT molecular complexity index is 161. The molecule has 0 N–H and O–H groups in total. The monoisotopic (exact) mass is 218 g/mol. The Morgan fingerprint density at radius 1 is 0.857 bits per heavy atom. The predicted molar refractivity (Wildman–Crippen MR) is 63.8 cm³/mol. The summed E-state index contributed by atoms with van der Waals surface area (Å²) in [5.74, 6) is 0. The SMILES string of the molecule is CC[Si](C)(OC(C)(C)C)OC(C)(C)C. The molecule has 0 saturated heterocycles. The molecule has 0 rings (SSSR count). The standard InChI is InChI=1S/C11H26O2Si/c1-9-14(8,12-10(2,3)4)13-11(5,6)7/h9H2,1-8H3. The second kappa shape index (κ2) is 4.33. The molecular weight excluding hydrogens is 192 g/mol. The molecule has 0 unspecified atom stereocenters. The number of hydrogen-bond acceptors (Lipinski definition) is 2. The smallest absolute Gasteiger partial charge is 0.335 e. The highest BCUT2D eigenvalue weighted by molar-refractivity contribution is 6.66.